The lowest BCUT2D eigenvalue weighted by molar-refractivity contribution is -0.135. The lowest BCUT2D eigenvalue weighted by atomic mass is 9.90. The van der Waals surface area contributed by atoms with Crippen molar-refractivity contribution in [3.63, 3.8) is 0 Å². The van der Waals surface area contributed by atoms with E-state index in [9.17, 15) is 9.59 Å². The topological polar surface area (TPSA) is 53.1 Å². The molecule has 1 fully saturated rings. The zero-order chi connectivity index (χ0) is 24.9. The standard InChI is InChI=1S/C29H33N3O3S/c1-22-8-5-6-11-24(22)29-25-13-19-36-26(25)12-16-32(29)20-27(33)30-14-7-15-31(18-17-30)28(34)21-35-23-9-3-2-4-10-23/h2-6,8-11,13,19,29H,7,12,14-18,20-21H2,1H3. The molecule has 7 heteroatoms. The summed E-state index contributed by atoms with van der Waals surface area (Å²) in [4.78, 5) is 33.7. The summed E-state index contributed by atoms with van der Waals surface area (Å²) in [5.74, 6) is 0.798. The van der Waals surface area contributed by atoms with Crippen molar-refractivity contribution >= 4 is 23.2 Å². The molecule has 0 N–H and O–H groups in total. The summed E-state index contributed by atoms with van der Waals surface area (Å²) in [5, 5.41) is 2.17. The molecule has 1 aromatic heterocycles. The van der Waals surface area contributed by atoms with Crippen molar-refractivity contribution in [2.75, 3.05) is 45.9 Å². The van der Waals surface area contributed by atoms with Crippen molar-refractivity contribution < 1.29 is 14.3 Å². The minimum Gasteiger partial charge on any atom is -0.484 e. The van der Waals surface area contributed by atoms with Gasteiger partial charge in [-0.1, -0.05) is 42.5 Å². The summed E-state index contributed by atoms with van der Waals surface area (Å²) in [5.41, 5.74) is 3.86. The maximum absolute atomic E-state index is 13.5. The number of carbonyl (C=O) groups excluding carboxylic acids is 2. The Balaban J connectivity index is 1.21. The predicted molar refractivity (Wildman–Crippen MR) is 142 cm³/mol. The molecule has 1 atom stereocenters. The lowest BCUT2D eigenvalue weighted by Crippen LogP contribution is -2.46. The highest BCUT2D eigenvalue weighted by atomic mass is 32.1. The Hall–Kier alpha value is -3.16. The van der Waals surface area contributed by atoms with Gasteiger partial charge in [0.15, 0.2) is 6.61 Å². The first-order valence-electron chi connectivity index (χ1n) is 12.7. The van der Waals surface area contributed by atoms with Crippen molar-refractivity contribution in [3.05, 3.63) is 87.6 Å². The molecule has 0 bridgehead atoms. The molecule has 36 heavy (non-hydrogen) atoms. The number of carbonyl (C=O) groups is 2. The van der Waals surface area contributed by atoms with E-state index in [0.29, 0.717) is 38.5 Å². The molecule has 188 valence electrons. The van der Waals surface area contributed by atoms with Gasteiger partial charge in [0, 0.05) is 37.6 Å². The van der Waals surface area contributed by atoms with Crippen LogP contribution in [0.3, 0.4) is 0 Å². The van der Waals surface area contributed by atoms with Crippen LogP contribution in [0.2, 0.25) is 0 Å². The van der Waals surface area contributed by atoms with Gasteiger partial charge in [0.05, 0.1) is 12.6 Å². The number of thiophene rings is 1. The van der Waals surface area contributed by atoms with Crippen molar-refractivity contribution in [3.8, 4) is 5.75 Å². The number of ether oxygens (including phenoxy) is 1. The summed E-state index contributed by atoms with van der Waals surface area (Å²) in [6.07, 6.45) is 1.76. The Labute approximate surface area is 217 Å². The van der Waals surface area contributed by atoms with Crippen LogP contribution in [-0.4, -0.2) is 72.4 Å². The Bertz CT molecular complexity index is 1200. The zero-order valence-electron chi connectivity index (χ0n) is 20.8. The van der Waals surface area contributed by atoms with E-state index in [1.807, 2.05) is 51.5 Å². The van der Waals surface area contributed by atoms with Gasteiger partial charge >= 0.3 is 0 Å². The lowest BCUT2D eigenvalue weighted by Gasteiger charge is -2.37. The van der Waals surface area contributed by atoms with Crippen LogP contribution < -0.4 is 4.74 Å². The van der Waals surface area contributed by atoms with Crippen molar-refractivity contribution in [2.45, 2.75) is 25.8 Å². The summed E-state index contributed by atoms with van der Waals surface area (Å²) in [6, 6.07) is 20.2. The fourth-order valence-electron chi connectivity index (χ4n) is 5.24. The second-order valence-corrected chi connectivity index (χ2v) is 10.5. The first-order valence-corrected chi connectivity index (χ1v) is 13.6. The smallest absolute Gasteiger partial charge is 0.260 e. The third-order valence-electron chi connectivity index (χ3n) is 7.19. The number of rotatable bonds is 6. The molecule has 3 aromatic rings. The van der Waals surface area contributed by atoms with Gasteiger partial charge in [-0.15, -0.1) is 11.3 Å². The van der Waals surface area contributed by atoms with Gasteiger partial charge in [-0.2, -0.15) is 0 Å². The van der Waals surface area contributed by atoms with Gasteiger partial charge in [-0.25, -0.2) is 0 Å². The predicted octanol–water partition coefficient (Wildman–Crippen LogP) is 4.14. The molecule has 3 heterocycles. The molecule has 2 amide bonds. The summed E-state index contributed by atoms with van der Waals surface area (Å²) < 4.78 is 5.64. The van der Waals surface area contributed by atoms with Gasteiger partial charge in [0.1, 0.15) is 5.75 Å². The van der Waals surface area contributed by atoms with Gasteiger partial charge < -0.3 is 14.5 Å². The normalized spacial score (nSPS) is 18.4. The van der Waals surface area contributed by atoms with E-state index in [4.69, 9.17) is 4.74 Å². The van der Waals surface area contributed by atoms with Crippen LogP contribution in [0.25, 0.3) is 0 Å². The number of hydrogen-bond acceptors (Lipinski definition) is 5. The molecule has 0 saturated carbocycles. The fraction of sp³-hybridized carbons (Fsp3) is 0.379. The maximum Gasteiger partial charge on any atom is 0.260 e. The molecule has 2 aromatic carbocycles. The number of para-hydroxylation sites is 1. The van der Waals surface area contributed by atoms with Crippen molar-refractivity contribution in [1.82, 2.24) is 14.7 Å². The molecule has 5 rings (SSSR count). The van der Waals surface area contributed by atoms with Crippen LogP contribution in [0.15, 0.2) is 66.0 Å². The average molecular weight is 504 g/mol. The van der Waals surface area contributed by atoms with E-state index >= 15 is 0 Å². The van der Waals surface area contributed by atoms with E-state index in [2.05, 4.69) is 47.5 Å². The molecular formula is C29H33N3O3S. The minimum atomic E-state index is -0.0335. The molecule has 0 spiro atoms. The van der Waals surface area contributed by atoms with E-state index in [0.717, 1.165) is 19.4 Å². The van der Waals surface area contributed by atoms with Gasteiger partial charge in [-0.3, -0.25) is 14.5 Å². The first kappa shape index (κ1) is 24.5. The van der Waals surface area contributed by atoms with Crippen LogP contribution in [0.1, 0.15) is 34.0 Å². The number of nitrogens with zero attached hydrogens (tertiary/aromatic N) is 3. The van der Waals surface area contributed by atoms with Crippen LogP contribution in [-0.2, 0) is 16.0 Å². The number of aryl methyl sites for hydroxylation is 1. The van der Waals surface area contributed by atoms with Gasteiger partial charge in [0.25, 0.3) is 5.91 Å². The first-order chi connectivity index (χ1) is 17.6. The molecule has 1 saturated heterocycles. The second kappa shape index (κ2) is 11.3. The molecule has 2 aliphatic rings. The van der Waals surface area contributed by atoms with Crippen LogP contribution >= 0.6 is 11.3 Å². The maximum atomic E-state index is 13.5. The summed E-state index contributed by atoms with van der Waals surface area (Å²) in [6.45, 7) is 5.85. The molecule has 6 nitrogen and oxygen atoms in total. The average Bonchev–Trinajstić information content (AvgIpc) is 3.24. The highest BCUT2D eigenvalue weighted by molar-refractivity contribution is 7.10. The quantitative estimate of drug-likeness (QED) is 0.507. The Kier molecular flexibility index (Phi) is 7.68. The Morgan fingerprint density at radius 3 is 2.36 bits per heavy atom. The third-order valence-corrected chi connectivity index (χ3v) is 8.19. The highest BCUT2D eigenvalue weighted by Crippen LogP contribution is 2.38. The largest absolute Gasteiger partial charge is 0.484 e. The Morgan fingerprint density at radius 1 is 0.861 bits per heavy atom. The van der Waals surface area contributed by atoms with Gasteiger partial charge in [-0.05, 0) is 60.0 Å². The molecule has 1 unspecified atom stereocenters. The fourth-order valence-corrected chi connectivity index (χ4v) is 6.14. The van der Waals surface area contributed by atoms with Crippen LogP contribution in [0.4, 0.5) is 0 Å². The zero-order valence-corrected chi connectivity index (χ0v) is 21.6. The van der Waals surface area contributed by atoms with E-state index in [1.165, 1.54) is 21.6 Å². The van der Waals surface area contributed by atoms with Crippen LogP contribution in [0, 0.1) is 6.92 Å². The van der Waals surface area contributed by atoms with E-state index < -0.39 is 0 Å². The van der Waals surface area contributed by atoms with E-state index in [-0.39, 0.29) is 24.5 Å². The van der Waals surface area contributed by atoms with Crippen molar-refractivity contribution in [1.29, 1.82) is 0 Å². The Morgan fingerprint density at radius 2 is 1.58 bits per heavy atom. The van der Waals surface area contributed by atoms with Gasteiger partial charge in [0.2, 0.25) is 5.91 Å². The number of hydrogen-bond donors (Lipinski definition) is 0. The number of fused-ring (bicyclic) bond motifs is 1. The second-order valence-electron chi connectivity index (χ2n) is 9.50. The monoisotopic (exact) mass is 503 g/mol. The van der Waals surface area contributed by atoms with Crippen LogP contribution in [0.5, 0.6) is 5.75 Å². The molecule has 0 radical (unpaired) electrons. The molecule has 0 aliphatic carbocycles. The number of amides is 2. The van der Waals surface area contributed by atoms with Crippen molar-refractivity contribution in [2.24, 2.45) is 0 Å². The number of benzene rings is 2. The SMILES string of the molecule is Cc1ccccc1C1c2ccsc2CCN1CC(=O)N1CCCN(C(=O)COc2ccccc2)CC1. The summed E-state index contributed by atoms with van der Waals surface area (Å²) >= 11 is 1.82. The molecular weight excluding hydrogens is 470 g/mol. The minimum absolute atomic E-state index is 0.0207. The molecule has 2 aliphatic heterocycles. The third kappa shape index (κ3) is 5.47. The highest BCUT2D eigenvalue weighted by Gasteiger charge is 2.33. The van der Waals surface area contributed by atoms with E-state index in [1.54, 1.807) is 0 Å². The summed E-state index contributed by atoms with van der Waals surface area (Å²) in [7, 11) is 0.